The molecule has 1 aliphatic heterocycles. The minimum absolute atomic E-state index is 0.184. The quantitative estimate of drug-likeness (QED) is 0.466. The van der Waals surface area contributed by atoms with Gasteiger partial charge in [-0.05, 0) is 27.7 Å². The van der Waals surface area contributed by atoms with Crippen LogP contribution in [0, 0.1) is 0 Å². The summed E-state index contributed by atoms with van der Waals surface area (Å²) >= 11 is 0. The van der Waals surface area contributed by atoms with Gasteiger partial charge in [-0.25, -0.2) is 0 Å². The third-order valence-electron chi connectivity index (χ3n) is 4.58. The topological polar surface area (TPSA) is 84.8 Å². The molecule has 1 atom stereocenters. The van der Waals surface area contributed by atoms with Gasteiger partial charge in [-0.15, -0.1) is 0 Å². The van der Waals surface area contributed by atoms with Crippen molar-refractivity contribution in [1.82, 2.24) is 5.32 Å². The van der Waals surface area contributed by atoms with Crippen LogP contribution in [0.2, 0.25) is 0 Å². The fourth-order valence-electron chi connectivity index (χ4n) is 2.58. The number of hydrogen-bond acceptors (Lipinski definition) is 6. The lowest BCUT2D eigenvalue weighted by Gasteiger charge is -2.11. The molecule has 0 spiro atoms. The predicted molar refractivity (Wildman–Crippen MR) is 95.5 cm³/mol. The van der Waals surface area contributed by atoms with Gasteiger partial charge in [-0.1, -0.05) is 34.6 Å². The first-order valence-corrected chi connectivity index (χ1v) is 8.05. The predicted octanol–water partition coefficient (Wildman–Crippen LogP) is 2.24. The zero-order valence-electron chi connectivity index (χ0n) is 15.5. The average Bonchev–Trinajstić information content (AvgIpc) is 3.12. The molecule has 1 aromatic carbocycles. The van der Waals surface area contributed by atoms with Crippen molar-refractivity contribution in [3.05, 3.63) is 35.4 Å². The number of epoxide rings is 1. The number of carbonyl (C=O) groups excluding carboxylic acids is 1. The lowest BCUT2D eigenvalue weighted by molar-refractivity contribution is -0.114. The van der Waals surface area contributed by atoms with E-state index in [2.05, 4.69) is 15.6 Å². The standard InChI is InChI=1S/C18H25N3O4/c1-12(18(4)17(2,3)25-18)20-24-11-13-9-7-8-10-14(13)15(21-23-6)16(22)19-5/h7-10H,11H2,1-6H3,(H,19,22)/b20-12+,21-15+. The van der Waals surface area contributed by atoms with E-state index in [1.165, 1.54) is 7.11 Å². The van der Waals surface area contributed by atoms with Crippen LogP contribution < -0.4 is 5.32 Å². The highest BCUT2D eigenvalue weighted by molar-refractivity contribution is 6.45. The van der Waals surface area contributed by atoms with Crippen LogP contribution in [0.5, 0.6) is 0 Å². The van der Waals surface area contributed by atoms with E-state index in [1.54, 1.807) is 13.1 Å². The number of amides is 1. The number of hydrogen-bond donors (Lipinski definition) is 1. The van der Waals surface area contributed by atoms with E-state index in [1.807, 2.05) is 45.9 Å². The lowest BCUT2D eigenvalue weighted by atomic mass is 9.94. The fourth-order valence-corrected chi connectivity index (χ4v) is 2.58. The van der Waals surface area contributed by atoms with Gasteiger partial charge in [-0.3, -0.25) is 4.79 Å². The van der Waals surface area contributed by atoms with E-state index >= 15 is 0 Å². The molecule has 1 amide bonds. The maximum Gasteiger partial charge on any atom is 0.273 e. The first kappa shape index (κ1) is 18.9. The molecule has 1 aliphatic rings. The molecule has 0 aromatic heterocycles. The summed E-state index contributed by atoms with van der Waals surface area (Å²) < 4.78 is 5.70. The number of carbonyl (C=O) groups is 1. The first-order chi connectivity index (χ1) is 11.8. The zero-order valence-corrected chi connectivity index (χ0v) is 15.5. The van der Waals surface area contributed by atoms with E-state index in [0.29, 0.717) is 5.56 Å². The molecule has 0 radical (unpaired) electrons. The maximum atomic E-state index is 12.0. The van der Waals surface area contributed by atoms with Gasteiger partial charge in [0.1, 0.15) is 19.3 Å². The molecule has 136 valence electrons. The number of ether oxygens (including phenoxy) is 1. The van der Waals surface area contributed by atoms with Crippen LogP contribution in [0.1, 0.15) is 38.8 Å². The smallest absolute Gasteiger partial charge is 0.273 e. The van der Waals surface area contributed by atoms with Crippen molar-refractivity contribution in [2.24, 2.45) is 10.3 Å². The highest BCUT2D eigenvalue weighted by Crippen LogP contribution is 2.48. The summed E-state index contributed by atoms with van der Waals surface area (Å²) in [4.78, 5) is 22.3. The summed E-state index contributed by atoms with van der Waals surface area (Å²) in [7, 11) is 2.94. The number of nitrogens with one attached hydrogen (secondary N) is 1. The highest BCUT2D eigenvalue weighted by Gasteiger charge is 2.62. The van der Waals surface area contributed by atoms with Gasteiger partial charge in [0.25, 0.3) is 5.91 Å². The van der Waals surface area contributed by atoms with Crippen molar-refractivity contribution >= 4 is 17.3 Å². The molecule has 1 saturated heterocycles. The lowest BCUT2D eigenvalue weighted by Crippen LogP contribution is -2.29. The van der Waals surface area contributed by atoms with Crippen LogP contribution >= 0.6 is 0 Å². The number of benzene rings is 1. The van der Waals surface area contributed by atoms with Gasteiger partial charge in [0.2, 0.25) is 0 Å². The maximum absolute atomic E-state index is 12.0. The molecule has 1 heterocycles. The Balaban J connectivity index is 2.16. The molecule has 2 rings (SSSR count). The second-order valence-corrected chi connectivity index (χ2v) is 6.45. The van der Waals surface area contributed by atoms with E-state index in [4.69, 9.17) is 14.4 Å². The average molecular weight is 347 g/mol. The fraction of sp³-hybridized carbons (Fsp3) is 0.500. The Labute approximate surface area is 148 Å². The summed E-state index contributed by atoms with van der Waals surface area (Å²) in [5, 5.41) is 10.6. The van der Waals surface area contributed by atoms with Crippen LogP contribution in [-0.4, -0.2) is 42.7 Å². The van der Waals surface area contributed by atoms with Crippen LogP contribution in [0.25, 0.3) is 0 Å². The largest absolute Gasteiger partial charge is 0.398 e. The molecule has 0 bridgehead atoms. The Bertz CT molecular complexity index is 712. The Morgan fingerprint density at radius 3 is 2.44 bits per heavy atom. The van der Waals surface area contributed by atoms with Gasteiger partial charge in [0.05, 0.1) is 11.3 Å². The SMILES string of the molecule is CNC(=O)/C(=N/OC)c1ccccc1CO/N=C(\C)C1(C)OC1(C)C. The third-order valence-corrected chi connectivity index (χ3v) is 4.58. The first-order valence-electron chi connectivity index (χ1n) is 8.05. The van der Waals surface area contributed by atoms with E-state index in [9.17, 15) is 4.79 Å². The molecule has 0 aliphatic carbocycles. The monoisotopic (exact) mass is 347 g/mol. The number of oxime groups is 2. The van der Waals surface area contributed by atoms with Gasteiger partial charge in [0, 0.05) is 18.2 Å². The normalized spacial score (nSPS) is 22.3. The van der Waals surface area contributed by atoms with E-state index < -0.39 is 5.60 Å². The molecule has 25 heavy (non-hydrogen) atoms. The minimum atomic E-state index is -0.405. The Kier molecular flexibility index (Phi) is 5.47. The molecular weight excluding hydrogens is 322 g/mol. The number of rotatable bonds is 7. The summed E-state index contributed by atoms with van der Waals surface area (Å²) in [6, 6.07) is 7.33. The Morgan fingerprint density at radius 2 is 1.88 bits per heavy atom. The molecule has 1 unspecified atom stereocenters. The van der Waals surface area contributed by atoms with Gasteiger partial charge in [-0.2, -0.15) is 0 Å². The summed E-state index contributed by atoms with van der Waals surface area (Å²) in [5.74, 6) is -0.338. The molecule has 1 N–H and O–H groups in total. The van der Waals surface area contributed by atoms with Crippen molar-refractivity contribution in [1.29, 1.82) is 0 Å². The molecule has 0 saturated carbocycles. The van der Waals surface area contributed by atoms with Crippen LogP contribution in [-0.2, 0) is 25.8 Å². The van der Waals surface area contributed by atoms with E-state index in [0.717, 1.165) is 11.3 Å². The van der Waals surface area contributed by atoms with Crippen LogP contribution in [0.4, 0.5) is 0 Å². The summed E-state index contributed by atoms with van der Waals surface area (Å²) in [6.45, 7) is 8.08. The van der Waals surface area contributed by atoms with Crippen molar-refractivity contribution in [2.75, 3.05) is 14.2 Å². The second kappa shape index (κ2) is 7.23. The van der Waals surface area contributed by atoms with Gasteiger partial charge >= 0.3 is 0 Å². The van der Waals surface area contributed by atoms with E-state index in [-0.39, 0.29) is 23.8 Å². The Morgan fingerprint density at radius 1 is 1.24 bits per heavy atom. The van der Waals surface area contributed by atoms with Crippen molar-refractivity contribution in [3.8, 4) is 0 Å². The van der Waals surface area contributed by atoms with Crippen LogP contribution in [0.15, 0.2) is 34.6 Å². The van der Waals surface area contributed by atoms with Crippen molar-refractivity contribution in [2.45, 2.75) is 45.5 Å². The van der Waals surface area contributed by atoms with Gasteiger partial charge in [0.15, 0.2) is 5.71 Å². The molecular formula is C18H25N3O4. The minimum Gasteiger partial charge on any atom is -0.398 e. The number of nitrogens with zero attached hydrogens (tertiary/aromatic N) is 2. The molecule has 1 fully saturated rings. The molecule has 7 heteroatoms. The molecule has 7 nitrogen and oxygen atoms in total. The highest BCUT2D eigenvalue weighted by atomic mass is 16.6. The zero-order chi connectivity index (χ0) is 18.7. The summed E-state index contributed by atoms with van der Waals surface area (Å²) in [5.41, 5.74) is 1.72. The Hall–Kier alpha value is -2.41. The van der Waals surface area contributed by atoms with Gasteiger partial charge < -0.3 is 19.7 Å². The number of likely N-dealkylation sites (N-methyl/N-ethyl adjacent to an activating group) is 1. The second-order valence-electron chi connectivity index (χ2n) is 6.45. The third kappa shape index (κ3) is 3.82. The summed E-state index contributed by atoms with van der Waals surface area (Å²) in [6.07, 6.45) is 0. The van der Waals surface area contributed by atoms with Crippen molar-refractivity contribution in [3.63, 3.8) is 0 Å². The molecule has 1 aromatic rings. The van der Waals surface area contributed by atoms with Crippen molar-refractivity contribution < 1.29 is 19.2 Å². The van der Waals surface area contributed by atoms with Crippen LogP contribution in [0.3, 0.4) is 0 Å².